The lowest BCUT2D eigenvalue weighted by Crippen LogP contribution is -2.40. The first kappa shape index (κ1) is 23.1. The molecule has 0 aliphatic heterocycles. The van der Waals surface area contributed by atoms with Gasteiger partial charge in [0.2, 0.25) is 15.9 Å². The van der Waals surface area contributed by atoms with Crippen molar-refractivity contribution in [2.45, 2.75) is 19.1 Å². The number of nitrogens with one attached hydrogen (secondary N) is 1. The maximum absolute atomic E-state index is 12.3. The van der Waals surface area contributed by atoms with Gasteiger partial charge < -0.3 is 10.1 Å². The van der Waals surface area contributed by atoms with Gasteiger partial charge in [-0.3, -0.25) is 9.10 Å². The van der Waals surface area contributed by atoms with Crippen LogP contribution in [0.2, 0.25) is 0 Å². The number of thioether (sulfide) groups is 1. The summed E-state index contributed by atoms with van der Waals surface area (Å²) in [6.07, 6.45) is 1.89. The van der Waals surface area contributed by atoms with E-state index in [2.05, 4.69) is 36.5 Å². The summed E-state index contributed by atoms with van der Waals surface area (Å²) in [5, 5.41) is 2.80. The Balaban J connectivity index is 1.80. The average molecular weight is 437 g/mol. The second-order valence-electron chi connectivity index (χ2n) is 6.69. The van der Waals surface area contributed by atoms with E-state index in [-0.39, 0.29) is 12.5 Å². The third-order valence-corrected chi connectivity index (χ3v) is 6.42. The highest BCUT2D eigenvalue weighted by atomic mass is 32.2. The quantitative estimate of drug-likeness (QED) is 0.548. The summed E-state index contributed by atoms with van der Waals surface area (Å²) in [4.78, 5) is 12.3. The molecule has 29 heavy (non-hydrogen) atoms. The minimum atomic E-state index is -3.63. The number of hydrogen-bond acceptors (Lipinski definition) is 5. The van der Waals surface area contributed by atoms with Crippen molar-refractivity contribution in [1.29, 1.82) is 0 Å². The number of para-hydroxylation sites is 2. The van der Waals surface area contributed by atoms with E-state index in [1.807, 2.05) is 11.8 Å². The minimum absolute atomic E-state index is 0.282. The zero-order valence-electron chi connectivity index (χ0n) is 17.1. The molecule has 0 fully saturated rings. The van der Waals surface area contributed by atoms with Gasteiger partial charge in [0.25, 0.3) is 0 Å². The predicted molar refractivity (Wildman–Crippen MR) is 120 cm³/mol. The lowest BCUT2D eigenvalue weighted by Gasteiger charge is -2.23. The Morgan fingerprint density at radius 3 is 2.62 bits per heavy atom. The second-order valence-corrected chi connectivity index (χ2v) is 9.70. The molecule has 6 nitrogen and oxygen atoms in total. The maximum Gasteiger partial charge on any atom is 0.240 e. The fraction of sp³-hybridized carbons (Fsp3) is 0.381. The molecule has 8 heteroatoms. The smallest absolute Gasteiger partial charge is 0.240 e. The normalized spacial score (nSPS) is 11.1. The minimum Gasteiger partial charge on any atom is -0.495 e. The third-order valence-electron chi connectivity index (χ3n) is 4.18. The van der Waals surface area contributed by atoms with E-state index >= 15 is 0 Å². The van der Waals surface area contributed by atoms with Gasteiger partial charge in [-0.05, 0) is 36.8 Å². The van der Waals surface area contributed by atoms with E-state index in [1.54, 1.807) is 24.3 Å². The van der Waals surface area contributed by atoms with Crippen molar-refractivity contribution in [3.8, 4) is 5.75 Å². The van der Waals surface area contributed by atoms with Crippen LogP contribution in [0.4, 0.5) is 5.69 Å². The SMILES string of the molecule is COc1ccccc1N(CC(=O)NCCCSCc1cccc(C)c1)S(C)(=O)=O. The summed E-state index contributed by atoms with van der Waals surface area (Å²) in [6, 6.07) is 15.2. The maximum atomic E-state index is 12.3. The van der Waals surface area contributed by atoms with Gasteiger partial charge in [0, 0.05) is 12.3 Å². The fourth-order valence-electron chi connectivity index (χ4n) is 2.80. The number of sulfonamides is 1. The number of nitrogens with zero attached hydrogens (tertiary/aromatic N) is 1. The van der Waals surface area contributed by atoms with Crippen LogP contribution in [0.15, 0.2) is 48.5 Å². The van der Waals surface area contributed by atoms with Gasteiger partial charge in [-0.2, -0.15) is 11.8 Å². The van der Waals surface area contributed by atoms with Crippen molar-refractivity contribution in [2.75, 3.05) is 36.5 Å². The number of aryl methyl sites for hydroxylation is 1. The molecule has 2 aromatic carbocycles. The van der Waals surface area contributed by atoms with E-state index in [0.717, 1.165) is 28.5 Å². The van der Waals surface area contributed by atoms with Crippen molar-refractivity contribution in [2.24, 2.45) is 0 Å². The van der Waals surface area contributed by atoms with Crippen LogP contribution in [-0.4, -0.2) is 46.5 Å². The van der Waals surface area contributed by atoms with Gasteiger partial charge in [0.05, 0.1) is 19.1 Å². The van der Waals surface area contributed by atoms with Crippen molar-refractivity contribution in [1.82, 2.24) is 5.32 Å². The summed E-state index contributed by atoms with van der Waals surface area (Å²) >= 11 is 1.81. The van der Waals surface area contributed by atoms with Crippen molar-refractivity contribution < 1.29 is 17.9 Å². The van der Waals surface area contributed by atoms with Gasteiger partial charge >= 0.3 is 0 Å². The molecule has 158 valence electrons. The van der Waals surface area contributed by atoms with Crippen LogP contribution in [0.5, 0.6) is 5.75 Å². The topological polar surface area (TPSA) is 75.7 Å². The van der Waals surface area contributed by atoms with Crippen LogP contribution in [0.3, 0.4) is 0 Å². The Bertz CT molecular complexity index is 916. The van der Waals surface area contributed by atoms with Crippen LogP contribution >= 0.6 is 11.8 Å². The van der Waals surface area contributed by atoms with Crippen LogP contribution in [0, 0.1) is 6.92 Å². The fourth-order valence-corrected chi connectivity index (χ4v) is 4.57. The molecule has 0 unspecified atom stereocenters. The Labute approximate surface area is 177 Å². The van der Waals surface area contributed by atoms with Crippen LogP contribution in [0.25, 0.3) is 0 Å². The number of anilines is 1. The molecule has 0 aliphatic carbocycles. The van der Waals surface area contributed by atoms with E-state index in [9.17, 15) is 13.2 Å². The molecule has 1 amide bonds. The highest BCUT2D eigenvalue weighted by Crippen LogP contribution is 2.29. The lowest BCUT2D eigenvalue weighted by molar-refractivity contribution is -0.119. The summed E-state index contributed by atoms with van der Waals surface area (Å²) < 4.78 is 30.7. The Morgan fingerprint density at radius 1 is 1.17 bits per heavy atom. The molecular weight excluding hydrogens is 408 g/mol. The number of amides is 1. The van der Waals surface area contributed by atoms with Crippen molar-refractivity contribution in [3.05, 3.63) is 59.7 Å². The zero-order valence-corrected chi connectivity index (χ0v) is 18.7. The number of carbonyl (C=O) groups excluding carboxylic acids is 1. The molecule has 0 radical (unpaired) electrons. The predicted octanol–water partition coefficient (Wildman–Crippen LogP) is 3.21. The van der Waals surface area contributed by atoms with Crippen molar-refractivity contribution in [3.63, 3.8) is 0 Å². The van der Waals surface area contributed by atoms with Crippen molar-refractivity contribution >= 4 is 33.4 Å². The number of carbonyl (C=O) groups is 1. The summed E-state index contributed by atoms with van der Waals surface area (Å²) in [5.74, 6) is 1.91. The van der Waals surface area contributed by atoms with E-state index in [4.69, 9.17) is 4.74 Å². The second kappa shape index (κ2) is 11.1. The molecule has 0 saturated carbocycles. The molecule has 1 N–H and O–H groups in total. The average Bonchev–Trinajstić information content (AvgIpc) is 2.68. The van der Waals surface area contributed by atoms with Gasteiger partial charge in [-0.15, -0.1) is 0 Å². The van der Waals surface area contributed by atoms with Gasteiger partial charge in [0.15, 0.2) is 0 Å². The van der Waals surface area contributed by atoms with Gasteiger partial charge in [-0.1, -0.05) is 42.0 Å². The first-order valence-corrected chi connectivity index (χ1v) is 12.3. The lowest BCUT2D eigenvalue weighted by atomic mass is 10.2. The molecule has 0 spiro atoms. The number of ether oxygens (including phenoxy) is 1. The molecule has 2 aromatic rings. The molecule has 2 rings (SSSR count). The van der Waals surface area contributed by atoms with Gasteiger partial charge in [0.1, 0.15) is 12.3 Å². The monoisotopic (exact) mass is 436 g/mol. The first-order chi connectivity index (χ1) is 13.8. The molecule has 0 atom stereocenters. The van der Waals surface area contributed by atoms with E-state index < -0.39 is 10.0 Å². The molecule has 0 bridgehead atoms. The Hall–Kier alpha value is -2.19. The summed E-state index contributed by atoms with van der Waals surface area (Å²) in [7, 11) is -2.16. The zero-order chi connectivity index (χ0) is 21.3. The summed E-state index contributed by atoms with van der Waals surface area (Å²) in [6.45, 7) is 2.30. The standard InChI is InChI=1S/C21H28N2O4S2/c1-17-8-6-9-18(14-17)16-28-13-7-12-22-21(24)15-23(29(3,25)26)19-10-4-5-11-20(19)27-2/h4-6,8-11,14H,7,12-13,15-16H2,1-3H3,(H,22,24). The number of methoxy groups -OCH3 is 1. The van der Waals surface area contributed by atoms with Gasteiger partial charge in [-0.25, -0.2) is 8.42 Å². The van der Waals surface area contributed by atoms with E-state index in [1.165, 1.54) is 18.2 Å². The molecule has 0 heterocycles. The molecule has 0 saturated heterocycles. The third kappa shape index (κ3) is 7.62. The largest absolute Gasteiger partial charge is 0.495 e. The van der Waals surface area contributed by atoms with Crippen LogP contribution < -0.4 is 14.4 Å². The van der Waals surface area contributed by atoms with Crippen LogP contribution in [0.1, 0.15) is 17.5 Å². The Morgan fingerprint density at radius 2 is 1.93 bits per heavy atom. The molecule has 0 aliphatic rings. The Kier molecular flexibility index (Phi) is 8.85. The summed E-state index contributed by atoms with van der Waals surface area (Å²) in [5.41, 5.74) is 2.89. The highest BCUT2D eigenvalue weighted by Gasteiger charge is 2.23. The van der Waals surface area contributed by atoms with Crippen LogP contribution in [-0.2, 0) is 20.6 Å². The molecule has 0 aromatic heterocycles. The number of rotatable bonds is 11. The first-order valence-electron chi connectivity index (χ1n) is 9.32. The molecular formula is C21H28N2O4S2. The number of benzene rings is 2. The van der Waals surface area contributed by atoms with E-state index in [0.29, 0.717) is 18.0 Å². The number of hydrogen-bond donors (Lipinski definition) is 1. The highest BCUT2D eigenvalue weighted by molar-refractivity contribution is 7.98.